The lowest BCUT2D eigenvalue weighted by atomic mass is 10.2. The number of nitrogens with zero attached hydrogens (tertiary/aromatic N) is 3. The van der Waals surface area contributed by atoms with Crippen LogP contribution in [0.5, 0.6) is 0 Å². The number of carboxylic acids is 1. The molecule has 2 aromatic rings. The Morgan fingerprint density at radius 3 is 2.79 bits per heavy atom. The van der Waals surface area contributed by atoms with Gasteiger partial charge in [-0.05, 0) is 20.8 Å². The standard InChI is InChI=1S/C19H28N6O8S/c1-19(2,3)33-18(31)22-9(16(29)30)6-34-8-21-17-23-14-13(15(28)24-17)20-7-25(14)12-4-10(27)11(5-26)32-12/h7,9-12,26-27H,4-6,8H2,1-3H3,(H,22,31)(H,29,30)(H2,21,23,24,28)/t9-,10-,11+,12+/m0/s1. The number of amides is 1. The molecule has 1 amide bonds. The average Bonchev–Trinajstić information content (AvgIpc) is 3.32. The van der Waals surface area contributed by atoms with Gasteiger partial charge in [0, 0.05) is 12.2 Å². The molecule has 1 saturated heterocycles. The summed E-state index contributed by atoms with van der Waals surface area (Å²) < 4.78 is 12.2. The number of nitrogens with one attached hydrogen (secondary N) is 3. The van der Waals surface area contributed by atoms with Crippen molar-refractivity contribution in [3.63, 3.8) is 0 Å². The molecule has 1 fully saturated rings. The van der Waals surface area contributed by atoms with Gasteiger partial charge in [-0.3, -0.25) is 14.3 Å². The number of carbonyl (C=O) groups is 2. The molecule has 3 rings (SSSR count). The van der Waals surface area contributed by atoms with E-state index in [0.717, 1.165) is 11.8 Å². The molecule has 14 nitrogen and oxygen atoms in total. The topological polar surface area (TPSA) is 201 Å². The minimum Gasteiger partial charge on any atom is -0.480 e. The number of aromatic amines is 1. The molecule has 0 aromatic carbocycles. The zero-order valence-corrected chi connectivity index (χ0v) is 19.7. The Balaban J connectivity index is 1.61. The van der Waals surface area contributed by atoms with Gasteiger partial charge in [-0.25, -0.2) is 14.6 Å². The lowest BCUT2D eigenvalue weighted by molar-refractivity contribution is -0.138. The van der Waals surface area contributed by atoms with Crippen molar-refractivity contribution in [2.24, 2.45) is 0 Å². The number of aliphatic hydroxyl groups excluding tert-OH is 2. The van der Waals surface area contributed by atoms with Crippen molar-refractivity contribution in [1.29, 1.82) is 0 Å². The van der Waals surface area contributed by atoms with E-state index in [-0.39, 0.29) is 41.8 Å². The Hall–Kier alpha value is -2.88. The fourth-order valence-electron chi connectivity index (χ4n) is 3.19. The molecule has 0 saturated carbocycles. The van der Waals surface area contributed by atoms with Crippen LogP contribution in [0.1, 0.15) is 33.4 Å². The summed E-state index contributed by atoms with van der Waals surface area (Å²) in [6.45, 7) is 4.67. The number of fused-ring (bicyclic) bond motifs is 1. The van der Waals surface area contributed by atoms with Crippen LogP contribution < -0.4 is 16.2 Å². The largest absolute Gasteiger partial charge is 0.480 e. The van der Waals surface area contributed by atoms with Gasteiger partial charge < -0.3 is 35.4 Å². The number of anilines is 1. The molecular weight excluding hydrogens is 472 g/mol. The molecule has 6 N–H and O–H groups in total. The van der Waals surface area contributed by atoms with Crippen molar-refractivity contribution < 1.29 is 34.4 Å². The second-order valence-corrected chi connectivity index (χ2v) is 9.61. The van der Waals surface area contributed by atoms with Gasteiger partial charge in [0.15, 0.2) is 11.2 Å². The predicted molar refractivity (Wildman–Crippen MR) is 122 cm³/mol. The third-order valence-electron chi connectivity index (χ3n) is 4.74. The van der Waals surface area contributed by atoms with Crippen LogP contribution in [0, 0.1) is 0 Å². The molecule has 0 aliphatic carbocycles. The number of aliphatic carboxylic acids is 1. The van der Waals surface area contributed by atoms with E-state index in [1.54, 1.807) is 20.8 Å². The molecule has 1 aliphatic rings. The number of aliphatic hydroxyl groups is 2. The number of rotatable bonds is 9. The van der Waals surface area contributed by atoms with Gasteiger partial charge in [0.25, 0.3) is 5.56 Å². The zero-order chi connectivity index (χ0) is 25.0. The summed E-state index contributed by atoms with van der Waals surface area (Å²) in [5, 5.41) is 33.8. The molecule has 0 bridgehead atoms. The summed E-state index contributed by atoms with van der Waals surface area (Å²) in [5.74, 6) is -0.887. The van der Waals surface area contributed by atoms with Crippen molar-refractivity contribution in [1.82, 2.24) is 24.8 Å². The molecule has 3 heterocycles. The van der Waals surface area contributed by atoms with Crippen LogP contribution in [0.2, 0.25) is 0 Å². The highest BCUT2D eigenvalue weighted by atomic mass is 32.2. The van der Waals surface area contributed by atoms with Crippen LogP contribution in [0.15, 0.2) is 11.1 Å². The normalized spacial score (nSPS) is 21.4. The van der Waals surface area contributed by atoms with Crippen molar-refractivity contribution in [3.8, 4) is 0 Å². The number of H-pyrrole nitrogens is 1. The molecule has 1 aliphatic heterocycles. The summed E-state index contributed by atoms with van der Waals surface area (Å²) in [6, 6.07) is -1.18. The Kier molecular flexibility index (Phi) is 8.01. The van der Waals surface area contributed by atoms with Crippen LogP contribution >= 0.6 is 11.8 Å². The first-order valence-corrected chi connectivity index (χ1v) is 11.6. The number of hydrogen-bond acceptors (Lipinski definition) is 11. The number of alkyl carbamates (subject to hydrolysis) is 1. The van der Waals surface area contributed by atoms with Gasteiger partial charge in [-0.2, -0.15) is 4.98 Å². The van der Waals surface area contributed by atoms with Crippen LogP contribution in [0.3, 0.4) is 0 Å². The van der Waals surface area contributed by atoms with E-state index < -0.39 is 47.7 Å². The third kappa shape index (κ3) is 6.37. The Morgan fingerprint density at radius 1 is 1.44 bits per heavy atom. The highest BCUT2D eigenvalue weighted by Crippen LogP contribution is 2.30. The van der Waals surface area contributed by atoms with Gasteiger partial charge in [-0.15, -0.1) is 11.8 Å². The monoisotopic (exact) mass is 500 g/mol. The quantitative estimate of drug-likeness (QED) is 0.197. The minimum absolute atomic E-state index is 0.0301. The Labute approximate surface area is 198 Å². The van der Waals surface area contributed by atoms with Crippen LogP contribution in [-0.2, 0) is 14.3 Å². The number of imidazole rings is 1. The van der Waals surface area contributed by atoms with E-state index >= 15 is 0 Å². The second kappa shape index (κ2) is 10.6. The summed E-state index contributed by atoms with van der Waals surface area (Å²) >= 11 is 1.16. The first kappa shape index (κ1) is 25.7. The van der Waals surface area contributed by atoms with E-state index in [9.17, 15) is 29.7 Å². The lowest BCUT2D eigenvalue weighted by Crippen LogP contribution is -2.45. The summed E-state index contributed by atoms with van der Waals surface area (Å²) in [4.78, 5) is 46.6. The first-order valence-electron chi connectivity index (χ1n) is 10.4. The van der Waals surface area contributed by atoms with Gasteiger partial charge in [-0.1, -0.05) is 0 Å². The molecule has 34 heavy (non-hydrogen) atoms. The summed E-state index contributed by atoms with van der Waals surface area (Å²) in [7, 11) is 0. The molecule has 0 unspecified atom stereocenters. The third-order valence-corrected chi connectivity index (χ3v) is 5.66. The molecule has 15 heteroatoms. The predicted octanol–water partition coefficient (Wildman–Crippen LogP) is -0.159. The highest BCUT2D eigenvalue weighted by Gasteiger charge is 2.35. The number of carboxylic acid groups (broad SMARTS) is 1. The first-order chi connectivity index (χ1) is 16.0. The molecule has 188 valence electrons. The number of hydrogen-bond donors (Lipinski definition) is 6. The molecular formula is C19H28N6O8S. The van der Waals surface area contributed by atoms with Gasteiger partial charge in [0.1, 0.15) is 24.0 Å². The fraction of sp³-hybridized carbons (Fsp3) is 0.632. The maximum absolute atomic E-state index is 12.4. The zero-order valence-electron chi connectivity index (χ0n) is 18.8. The summed E-state index contributed by atoms with van der Waals surface area (Å²) in [6.07, 6.45) is -1.51. The average molecular weight is 501 g/mol. The lowest BCUT2D eigenvalue weighted by Gasteiger charge is -2.21. The summed E-state index contributed by atoms with van der Waals surface area (Å²) in [5.41, 5.74) is -0.952. The molecule has 4 atom stereocenters. The number of carbonyl (C=O) groups excluding carboxylic acids is 1. The molecule has 2 aromatic heterocycles. The van der Waals surface area contributed by atoms with Crippen molar-refractivity contribution in [2.45, 2.75) is 57.3 Å². The smallest absolute Gasteiger partial charge is 0.408 e. The van der Waals surface area contributed by atoms with Crippen molar-refractivity contribution in [2.75, 3.05) is 23.6 Å². The van der Waals surface area contributed by atoms with Gasteiger partial charge >= 0.3 is 12.1 Å². The van der Waals surface area contributed by atoms with E-state index in [2.05, 4.69) is 25.6 Å². The van der Waals surface area contributed by atoms with Gasteiger partial charge in [0.2, 0.25) is 5.95 Å². The van der Waals surface area contributed by atoms with E-state index in [1.165, 1.54) is 10.9 Å². The van der Waals surface area contributed by atoms with Crippen LogP contribution in [-0.4, -0.2) is 89.0 Å². The molecule has 0 spiro atoms. The maximum atomic E-state index is 12.4. The van der Waals surface area contributed by atoms with Crippen LogP contribution in [0.4, 0.5) is 10.7 Å². The SMILES string of the molecule is CC(C)(C)OC(=O)N[C@@H](CSCNc1nc2c(ncn2[C@H]2C[C@H](O)[C@@H](CO)O2)c(=O)[nH]1)C(=O)O. The van der Waals surface area contributed by atoms with Crippen molar-refractivity contribution >= 4 is 40.9 Å². The van der Waals surface area contributed by atoms with Gasteiger partial charge in [0.05, 0.1) is 24.9 Å². The number of thioether (sulfide) groups is 1. The van der Waals surface area contributed by atoms with E-state index in [4.69, 9.17) is 9.47 Å². The minimum atomic E-state index is -1.21. The Morgan fingerprint density at radius 2 is 2.18 bits per heavy atom. The van der Waals surface area contributed by atoms with E-state index in [0.29, 0.717) is 0 Å². The number of ether oxygens (including phenoxy) is 2. The highest BCUT2D eigenvalue weighted by molar-refractivity contribution is 7.99. The van der Waals surface area contributed by atoms with Crippen molar-refractivity contribution in [3.05, 3.63) is 16.7 Å². The van der Waals surface area contributed by atoms with E-state index in [1.807, 2.05) is 0 Å². The second-order valence-electron chi connectivity index (χ2n) is 8.58. The Bertz CT molecular complexity index is 1080. The number of aromatic nitrogens is 4. The fourth-order valence-corrected chi connectivity index (χ4v) is 4.01. The molecule has 0 radical (unpaired) electrons. The maximum Gasteiger partial charge on any atom is 0.408 e. The van der Waals surface area contributed by atoms with Crippen LogP contribution in [0.25, 0.3) is 11.2 Å².